The van der Waals surface area contributed by atoms with Crippen LogP contribution in [0.2, 0.25) is 0 Å². The summed E-state index contributed by atoms with van der Waals surface area (Å²) in [7, 11) is 0. The van der Waals surface area contributed by atoms with Crippen molar-refractivity contribution in [3.63, 3.8) is 0 Å². The van der Waals surface area contributed by atoms with E-state index < -0.39 is 0 Å². The maximum atomic E-state index is 3.95. The molecule has 0 bridgehead atoms. The number of hydrogen-bond donors (Lipinski definition) is 0. The van der Waals surface area contributed by atoms with Crippen LogP contribution in [0.15, 0.2) is 17.3 Å². The first-order valence-electron chi connectivity index (χ1n) is 3.22. The number of allylic oxidation sites excluding steroid dienone is 1. The lowest BCUT2D eigenvalue weighted by molar-refractivity contribution is 0.543. The lowest BCUT2D eigenvalue weighted by Gasteiger charge is -2.09. The Hall–Kier alpha value is -0.590. The van der Waals surface area contributed by atoms with E-state index in [2.05, 4.69) is 31.8 Å². The van der Waals surface area contributed by atoms with Gasteiger partial charge in [0, 0.05) is 12.4 Å². The first-order valence-corrected chi connectivity index (χ1v) is 3.22. The van der Waals surface area contributed by atoms with E-state index >= 15 is 0 Å². The molecule has 0 N–H and O–H groups in total. The van der Waals surface area contributed by atoms with E-state index in [-0.39, 0.29) is 5.41 Å². The van der Waals surface area contributed by atoms with Crippen molar-refractivity contribution in [1.82, 2.24) is 0 Å². The summed E-state index contributed by atoms with van der Waals surface area (Å²) in [4.78, 5) is 3.95. The molecule has 1 nitrogen and oxygen atoms in total. The standard InChI is InChI=1S/C8H15N/c1-5-9-7-6-8(2,3)4/h5-7H,1-4H3/b7-6-,9-5?. The second kappa shape index (κ2) is 3.44. The molecule has 0 saturated carbocycles. The summed E-state index contributed by atoms with van der Waals surface area (Å²) in [6.45, 7) is 8.35. The molecule has 0 atom stereocenters. The Labute approximate surface area is 57.5 Å². The number of nitrogens with zero attached hydrogens (tertiary/aromatic N) is 1. The molecule has 0 unspecified atom stereocenters. The highest BCUT2D eigenvalue weighted by molar-refractivity contribution is 5.54. The molecule has 52 valence electrons. The lowest BCUT2D eigenvalue weighted by atomic mass is 9.97. The third-order valence-corrected chi connectivity index (χ3v) is 0.810. The summed E-state index contributed by atoms with van der Waals surface area (Å²) < 4.78 is 0. The van der Waals surface area contributed by atoms with Gasteiger partial charge in [0.05, 0.1) is 0 Å². The van der Waals surface area contributed by atoms with Gasteiger partial charge in [-0.05, 0) is 12.3 Å². The van der Waals surface area contributed by atoms with Gasteiger partial charge in [0.25, 0.3) is 0 Å². The Morgan fingerprint density at radius 1 is 1.22 bits per heavy atom. The molecule has 0 rings (SSSR count). The van der Waals surface area contributed by atoms with Crippen LogP contribution in [0.5, 0.6) is 0 Å². The first-order chi connectivity index (χ1) is 4.06. The molecule has 0 aromatic rings. The maximum absolute atomic E-state index is 3.95. The smallest absolute Gasteiger partial charge is 0.0229 e. The first kappa shape index (κ1) is 8.41. The fourth-order valence-electron chi connectivity index (χ4n) is 0.353. The minimum Gasteiger partial charge on any atom is -0.270 e. The van der Waals surface area contributed by atoms with E-state index in [0.717, 1.165) is 0 Å². The second-order valence-corrected chi connectivity index (χ2v) is 3.09. The normalized spacial score (nSPS) is 13.8. The molecule has 1 heteroatoms. The molecule has 0 aliphatic rings. The molecular formula is C8H15N. The minimum atomic E-state index is 0.256. The molecule has 9 heavy (non-hydrogen) atoms. The van der Waals surface area contributed by atoms with E-state index in [9.17, 15) is 0 Å². The highest BCUT2D eigenvalue weighted by Crippen LogP contribution is 2.13. The van der Waals surface area contributed by atoms with E-state index in [1.807, 2.05) is 13.1 Å². The minimum absolute atomic E-state index is 0.256. The highest BCUT2D eigenvalue weighted by Gasteiger charge is 2.01. The zero-order valence-corrected chi connectivity index (χ0v) is 6.68. The third kappa shape index (κ3) is 7.41. The van der Waals surface area contributed by atoms with Crippen LogP contribution in [0.3, 0.4) is 0 Å². The monoisotopic (exact) mass is 125 g/mol. The largest absolute Gasteiger partial charge is 0.270 e. The number of aliphatic imine (C=N–C) groups is 1. The van der Waals surface area contributed by atoms with Crippen LogP contribution in [-0.2, 0) is 0 Å². The summed E-state index contributed by atoms with van der Waals surface area (Å²) in [6.07, 6.45) is 5.69. The lowest BCUT2D eigenvalue weighted by Crippen LogP contribution is -1.97. The fraction of sp³-hybridized carbons (Fsp3) is 0.625. The third-order valence-electron chi connectivity index (χ3n) is 0.810. The zero-order valence-electron chi connectivity index (χ0n) is 6.68. The van der Waals surface area contributed by atoms with E-state index in [1.54, 1.807) is 6.21 Å². The Balaban J connectivity index is 3.71. The Morgan fingerprint density at radius 2 is 1.78 bits per heavy atom. The summed E-state index contributed by atoms with van der Waals surface area (Å²) in [5.41, 5.74) is 0.256. The van der Waals surface area contributed by atoms with Crippen molar-refractivity contribution < 1.29 is 0 Å². The van der Waals surface area contributed by atoms with Crippen LogP contribution < -0.4 is 0 Å². The quantitative estimate of drug-likeness (QED) is 0.478. The van der Waals surface area contributed by atoms with Crippen LogP contribution in [-0.4, -0.2) is 6.21 Å². The van der Waals surface area contributed by atoms with Gasteiger partial charge in [0.15, 0.2) is 0 Å². The molecule has 0 fully saturated rings. The van der Waals surface area contributed by atoms with Crippen LogP contribution in [0.1, 0.15) is 27.7 Å². The average molecular weight is 125 g/mol. The second-order valence-electron chi connectivity index (χ2n) is 3.09. The molecule has 0 aromatic heterocycles. The van der Waals surface area contributed by atoms with Gasteiger partial charge >= 0.3 is 0 Å². The van der Waals surface area contributed by atoms with Gasteiger partial charge in [0.2, 0.25) is 0 Å². The molecule has 0 aliphatic carbocycles. The summed E-state index contributed by atoms with van der Waals surface area (Å²) in [5.74, 6) is 0. The van der Waals surface area contributed by atoms with Crippen molar-refractivity contribution >= 4 is 6.21 Å². The van der Waals surface area contributed by atoms with Gasteiger partial charge < -0.3 is 0 Å². The predicted molar refractivity (Wildman–Crippen MR) is 42.8 cm³/mol. The Morgan fingerprint density at radius 3 is 2.11 bits per heavy atom. The van der Waals surface area contributed by atoms with E-state index in [0.29, 0.717) is 0 Å². The fourth-order valence-corrected chi connectivity index (χ4v) is 0.353. The predicted octanol–water partition coefficient (Wildman–Crippen LogP) is 2.64. The van der Waals surface area contributed by atoms with Gasteiger partial charge in [-0.2, -0.15) is 0 Å². The molecular weight excluding hydrogens is 110 g/mol. The summed E-state index contributed by atoms with van der Waals surface area (Å²) >= 11 is 0. The van der Waals surface area contributed by atoms with Crippen molar-refractivity contribution in [2.45, 2.75) is 27.7 Å². The van der Waals surface area contributed by atoms with Gasteiger partial charge in [-0.1, -0.05) is 26.8 Å². The maximum Gasteiger partial charge on any atom is 0.0229 e. The zero-order chi connectivity index (χ0) is 7.33. The average Bonchev–Trinajstić information content (AvgIpc) is 1.63. The van der Waals surface area contributed by atoms with E-state index in [4.69, 9.17) is 0 Å². The summed E-state index contributed by atoms with van der Waals surface area (Å²) in [5, 5.41) is 0. The highest BCUT2D eigenvalue weighted by atomic mass is 14.6. The molecule has 0 saturated heterocycles. The number of rotatable bonds is 1. The van der Waals surface area contributed by atoms with Crippen molar-refractivity contribution in [3.05, 3.63) is 12.3 Å². The van der Waals surface area contributed by atoms with Gasteiger partial charge in [-0.3, -0.25) is 4.99 Å². The van der Waals surface area contributed by atoms with Crippen LogP contribution in [0.4, 0.5) is 0 Å². The Bertz CT molecular complexity index is 115. The molecule has 0 aromatic carbocycles. The Kier molecular flexibility index (Phi) is 3.21. The van der Waals surface area contributed by atoms with Crippen LogP contribution in [0.25, 0.3) is 0 Å². The molecule has 0 aliphatic heterocycles. The van der Waals surface area contributed by atoms with Gasteiger partial charge in [-0.25, -0.2) is 0 Å². The number of hydrogen-bond acceptors (Lipinski definition) is 1. The van der Waals surface area contributed by atoms with Gasteiger partial charge in [0.1, 0.15) is 0 Å². The van der Waals surface area contributed by atoms with Gasteiger partial charge in [-0.15, -0.1) is 0 Å². The van der Waals surface area contributed by atoms with Crippen molar-refractivity contribution in [2.75, 3.05) is 0 Å². The molecule has 0 radical (unpaired) electrons. The van der Waals surface area contributed by atoms with Crippen LogP contribution >= 0.6 is 0 Å². The van der Waals surface area contributed by atoms with Crippen molar-refractivity contribution in [3.8, 4) is 0 Å². The molecule has 0 amide bonds. The SMILES string of the molecule is CC=N/C=C\C(C)(C)C. The van der Waals surface area contributed by atoms with Crippen LogP contribution in [0, 0.1) is 5.41 Å². The molecule has 0 spiro atoms. The van der Waals surface area contributed by atoms with E-state index in [1.165, 1.54) is 0 Å². The van der Waals surface area contributed by atoms with Crippen molar-refractivity contribution in [2.24, 2.45) is 10.4 Å². The van der Waals surface area contributed by atoms with Crippen molar-refractivity contribution in [1.29, 1.82) is 0 Å². The summed E-state index contributed by atoms with van der Waals surface area (Å²) in [6, 6.07) is 0. The molecule has 0 heterocycles. The topological polar surface area (TPSA) is 12.4 Å².